The van der Waals surface area contributed by atoms with Gasteiger partial charge in [-0.25, -0.2) is 0 Å². The fourth-order valence-corrected chi connectivity index (χ4v) is 2.81. The van der Waals surface area contributed by atoms with Gasteiger partial charge in [0, 0.05) is 24.1 Å². The Morgan fingerprint density at radius 3 is 2.81 bits per heavy atom. The number of thiophene rings is 1. The maximum atomic E-state index is 5.95. The van der Waals surface area contributed by atoms with E-state index >= 15 is 0 Å². The van der Waals surface area contributed by atoms with Gasteiger partial charge in [-0.15, -0.1) is 11.3 Å². The summed E-state index contributed by atoms with van der Waals surface area (Å²) in [5.74, 6) is 0. The minimum Gasteiger partial charge on any atom is -0.382 e. The van der Waals surface area contributed by atoms with Crippen molar-refractivity contribution in [3.8, 4) is 0 Å². The first-order chi connectivity index (χ1) is 7.77. The summed E-state index contributed by atoms with van der Waals surface area (Å²) >= 11 is 7.62. The summed E-state index contributed by atoms with van der Waals surface area (Å²) in [5.41, 5.74) is 0. The third kappa shape index (κ3) is 4.83. The molecule has 1 heterocycles. The molecular formula is C12H20ClNOS. The van der Waals surface area contributed by atoms with Gasteiger partial charge >= 0.3 is 0 Å². The molecule has 0 fully saturated rings. The van der Waals surface area contributed by atoms with Crippen LogP contribution in [0, 0.1) is 0 Å². The summed E-state index contributed by atoms with van der Waals surface area (Å²) in [4.78, 5) is 1.32. The van der Waals surface area contributed by atoms with Crippen LogP contribution in [0.3, 0.4) is 0 Å². The lowest BCUT2D eigenvalue weighted by molar-refractivity contribution is 0.141. The van der Waals surface area contributed by atoms with Gasteiger partial charge in [-0.1, -0.05) is 18.5 Å². The summed E-state index contributed by atoms with van der Waals surface area (Å²) in [5, 5.41) is 3.49. The second-order valence-electron chi connectivity index (χ2n) is 3.59. The Hall–Kier alpha value is -0.0900. The molecule has 2 nitrogen and oxygen atoms in total. The summed E-state index contributed by atoms with van der Waals surface area (Å²) in [6.45, 7) is 6.79. The summed E-state index contributed by atoms with van der Waals surface area (Å²) < 4.78 is 6.22. The van der Waals surface area contributed by atoms with Crippen LogP contribution in [0.25, 0.3) is 0 Å². The maximum Gasteiger partial charge on any atom is 0.0931 e. The molecule has 1 aromatic heterocycles. The van der Waals surface area contributed by atoms with Gasteiger partial charge in [0.15, 0.2) is 0 Å². The highest BCUT2D eigenvalue weighted by molar-refractivity contribution is 7.16. The van der Waals surface area contributed by atoms with Crippen molar-refractivity contribution in [2.24, 2.45) is 0 Å². The van der Waals surface area contributed by atoms with Crippen LogP contribution in [0.1, 0.15) is 37.6 Å². The first-order valence-corrected chi connectivity index (χ1v) is 7.03. The van der Waals surface area contributed by atoms with E-state index in [-0.39, 0.29) is 0 Å². The molecule has 0 saturated carbocycles. The molecule has 0 spiro atoms. The Bertz CT molecular complexity index is 290. The van der Waals surface area contributed by atoms with E-state index in [9.17, 15) is 0 Å². The van der Waals surface area contributed by atoms with Gasteiger partial charge in [-0.3, -0.25) is 0 Å². The number of halogens is 1. The SMILES string of the molecule is CCNC(CCCOCC)c1ccc(Cl)s1. The highest BCUT2D eigenvalue weighted by Crippen LogP contribution is 2.29. The van der Waals surface area contributed by atoms with Crippen molar-refractivity contribution in [3.63, 3.8) is 0 Å². The van der Waals surface area contributed by atoms with Crippen molar-refractivity contribution < 1.29 is 4.74 Å². The normalized spacial score (nSPS) is 12.9. The molecule has 0 aromatic carbocycles. The fraction of sp³-hybridized carbons (Fsp3) is 0.667. The highest BCUT2D eigenvalue weighted by Gasteiger charge is 2.11. The van der Waals surface area contributed by atoms with E-state index in [1.165, 1.54) is 4.88 Å². The molecule has 0 bridgehead atoms. The molecule has 0 aliphatic rings. The zero-order chi connectivity index (χ0) is 11.8. The monoisotopic (exact) mass is 261 g/mol. The topological polar surface area (TPSA) is 21.3 Å². The van der Waals surface area contributed by atoms with Crippen LogP contribution < -0.4 is 5.32 Å². The van der Waals surface area contributed by atoms with E-state index in [2.05, 4.69) is 18.3 Å². The van der Waals surface area contributed by atoms with Gasteiger partial charge in [-0.2, -0.15) is 0 Å². The molecule has 0 amide bonds. The van der Waals surface area contributed by atoms with E-state index in [0.717, 1.165) is 36.9 Å². The predicted molar refractivity (Wildman–Crippen MR) is 71.5 cm³/mol. The van der Waals surface area contributed by atoms with Crippen molar-refractivity contribution >= 4 is 22.9 Å². The molecular weight excluding hydrogens is 242 g/mol. The largest absolute Gasteiger partial charge is 0.382 e. The molecule has 16 heavy (non-hydrogen) atoms. The number of nitrogens with one attached hydrogen (secondary N) is 1. The number of hydrogen-bond acceptors (Lipinski definition) is 3. The second-order valence-corrected chi connectivity index (χ2v) is 5.34. The smallest absolute Gasteiger partial charge is 0.0931 e. The van der Waals surface area contributed by atoms with E-state index < -0.39 is 0 Å². The first-order valence-electron chi connectivity index (χ1n) is 5.84. The summed E-state index contributed by atoms with van der Waals surface area (Å²) in [6, 6.07) is 4.50. The van der Waals surface area contributed by atoms with Crippen molar-refractivity contribution in [2.45, 2.75) is 32.7 Å². The Kier molecular flexibility index (Phi) is 7.05. The van der Waals surface area contributed by atoms with Gasteiger partial charge in [-0.05, 0) is 38.4 Å². The lowest BCUT2D eigenvalue weighted by Crippen LogP contribution is -2.20. The van der Waals surface area contributed by atoms with Crippen LogP contribution in [0.2, 0.25) is 4.34 Å². The van der Waals surface area contributed by atoms with Crippen LogP contribution >= 0.6 is 22.9 Å². The second kappa shape index (κ2) is 8.07. The zero-order valence-electron chi connectivity index (χ0n) is 9.96. The first kappa shape index (κ1) is 14.0. The fourth-order valence-electron chi connectivity index (χ4n) is 1.64. The van der Waals surface area contributed by atoms with Gasteiger partial charge < -0.3 is 10.1 Å². The minimum atomic E-state index is 0.419. The average molecular weight is 262 g/mol. The van der Waals surface area contributed by atoms with Crippen LogP contribution in [0.15, 0.2) is 12.1 Å². The van der Waals surface area contributed by atoms with Crippen LogP contribution in [-0.4, -0.2) is 19.8 Å². The molecule has 1 aromatic rings. The molecule has 4 heteroatoms. The third-order valence-electron chi connectivity index (χ3n) is 2.37. The molecule has 0 aliphatic heterocycles. The molecule has 0 saturated heterocycles. The zero-order valence-corrected chi connectivity index (χ0v) is 11.5. The Morgan fingerprint density at radius 1 is 1.44 bits per heavy atom. The molecule has 1 atom stereocenters. The van der Waals surface area contributed by atoms with Crippen LogP contribution in [-0.2, 0) is 4.74 Å². The highest BCUT2D eigenvalue weighted by atomic mass is 35.5. The van der Waals surface area contributed by atoms with Crippen LogP contribution in [0.5, 0.6) is 0 Å². The van der Waals surface area contributed by atoms with E-state index in [1.54, 1.807) is 11.3 Å². The average Bonchev–Trinajstić information content (AvgIpc) is 2.69. The quantitative estimate of drug-likeness (QED) is 0.718. The summed E-state index contributed by atoms with van der Waals surface area (Å²) in [6.07, 6.45) is 2.19. The Morgan fingerprint density at radius 2 is 2.25 bits per heavy atom. The van der Waals surface area contributed by atoms with E-state index in [0.29, 0.717) is 6.04 Å². The molecule has 0 radical (unpaired) electrons. The van der Waals surface area contributed by atoms with Gasteiger partial charge in [0.2, 0.25) is 0 Å². The third-order valence-corrected chi connectivity index (χ3v) is 3.72. The van der Waals surface area contributed by atoms with E-state index in [1.807, 2.05) is 13.0 Å². The molecule has 92 valence electrons. The maximum absolute atomic E-state index is 5.95. The van der Waals surface area contributed by atoms with Gasteiger partial charge in [0.1, 0.15) is 0 Å². The number of hydrogen-bond donors (Lipinski definition) is 1. The van der Waals surface area contributed by atoms with Gasteiger partial charge in [0.05, 0.1) is 4.34 Å². The molecule has 0 aliphatic carbocycles. The van der Waals surface area contributed by atoms with Crippen molar-refractivity contribution in [1.29, 1.82) is 0 Å². The van der Waals surface area contributed by atoms with Crippen molar-refractivity contribution in [1.82, 2.24) is 5.32 Å². The standard InChI is InChI=1S/C12H20ClNOS/c1-3-14-10(6-5-9-15-4-2)11-7-8-12(13)16-11/h7-8,10,14H,3-6,9H2,1-2H3. The van der Waals surface area contributed by atoms with Gasteiger partial charge in [0.25, 0.3) is 0 Å². The predicted octanol–water partition coefficient (Wildman–Crippen LogP) is 3.87. The molecule has 1 rings (SSSR count). The molecule has 1 N–H and O–H groups in total. The summed E-state index contributed by atoms with van der Waals surface area (Å²) in [7, 11) is 0. The lowest BCUT2D eigenvalue weighted by atomic mass is 10.1. The molecule has 1 unspecified atom stereocenters. The number of ether oxygens (including phenoxy) is 1. The lowest BCUT2D eigenvalue weighted by Gasteiger charge is -2.16. The number of rotatable bonds is 8. The van der Waals surface area contributed by atoms with Crippen molar-refractivity contribution in [2.75, 3.05) is 19.8 Å². The van der Waals surface area contributed by atoms with E-state index in [4.69, 9.17) is 16.3 Å². The Balaban J connectivity index is 2.41. The Labute approximate surface area is 107 Å². The van der Waals surface area contributed by atoms with Crippen molar-refractivity contribution in [3.05, 3.63) is 21.3 Å². The minimum absolute atomic E-state index is 0.419. The van der Waals surface area contributed by atoms with Crippen LogP contribution in [0.4, 0.5) is 0 Å².